The topological polar surface area (TPSA) is 49.3 Å². The Morgan fingerprint density at radius 3 is 2.53 bits per heavy atom. The highest BCUT2D eigenvalue weighted by molar-refractivity contribution is 8.00. The third-order valence-electron chi connectivity index (χ3n) is 2.80. The first-order chi connectivity index (χ1) is 9.22. The first-order valence-corrected chi connectivity index (χ1v) is 7.78. The zero-order chi connectivity index (χ0) is 13.9. The maximum atomic E-state index is 11.6. The van der Waals surface area contributed by atoms with E-state index in [2.05, 4.69) is 24.4 Å². The van der Waals surface area contributed by atoms with Crippen LogP contribution in [0.2, 0.25) is 0 Å². The molecule has 1 amide bonds. The van der Waals surface area contributed by atoms with Crippen molar-refractivity contribution < 1.29 is 9.90 Å². The van der Waals surface area contributed by atoms with Gasteiger partial charge in [0.1, 0.15) is 0 Å². The Hall–Kier alpha value is -1.00. The molecule has 2 N–H and O–H groups in total. The van der Waals surface area contributed by atoms with Crippen molar-refractivity contribution in [2.24, 2.45) is 0 Å². The molecule has 0 aliphatic heterocycles. The van der Waals surface area contributed by atoms with E-state index in [0.717, 1.165) is 37.1 Å². The zero-order valence-electron chi connectivity index (χ0n) is 11.5. The molecule has 0 fully saturated rings. The summed E-state index contributed by atoms with van der Waals surface area (Å²) in [7, 11) is 0. The minimum Gasteiger partial charge on any atom is -0.396 e. The van der Waals surface area contributed by atoms with Crippen molar-refractivity contribution in [2.45, 2.75) is 37.5 Å². The van der Waals surface area contributed by atoms with E-state index >= 15 is 0 Å². The molecule has 3 nitrogen and oxygen atoms in total. The number of carbonyl (C=O) groups excluding carboxylic acids is 1. The van der Waals surface area contributed by atoms with Gasteiger partial charge in [0.05, 0.1) is 5.75 Å². The predicted octanol–water partition coefficient (Wildman–Crippen LogP) is 2.76. The third kappa shape index (κ3) is 7.90. The Balaban J connectivity index is 2.06. The highest BCUT2D eigenvalue weighted by Gasteiger charge is 2.02. The van der Waals surface area contributed by atoms with Gasteiger partial charge in [-0.05, 0) is 31.9 Å². The normalized spacial score (nSPS) is 10.4. The minimum atomic E-state index is 0.0905. The molecular weight excluding hydrogens is 258 g/mol. The molecule has 1 rings (SSSR count). The number of amides is 1. The molecule has 0 spiro atoms. The maximum Gasteiger partial charge on any atom is 0.230 e. The predicted molar refractivity (Wildman–Crippen MR) is 80.5 cm³/mol. The second-order valence-electron chi connectivity index (χ2n) is 4.59. The summed E-state index contributed by atoms with van der Waals surface area (Å²) in [6, 6.07) is 8.20. The molecule has 0 aliphatic rings. The Morgan fingerprint density at radius 2 is 1.84 bits per heavy atom. The average molecular weight is 281 g/mol. The Labute approximate surface area is 119 Å². The van der Waals surface area contributed by atoms with Crippen LogP contribution in [-0.2, 0) is 4.79 Å². The highest BCUT2D eigenvalue weighted by Crippen LogP contribution is 2.17. The second-order valence-corrected chi connectivity index (χ2v) is 5.64. The van der Waals surface area contributed by atoms with Crippen molar-refractivity contribution in [1.82, 2.24) is 5.32 Å². The summed E-state index contributed by atoms with van der Waals surface area (Å²) < 4.78 is 0. The smallest absolute Gasteiger partial charge is 0.230 e. The molecule has 4 heteroatoms. The number of unbranched alkanes of at least 4 members (excludes halogenated alkanes) is 3. The van der Waals surface area contributed by atoms with E-state index in [1.165, 1.54) is 5.56 Å². The van der Waals surface area contributed by atoms with E-state index in [4.69, 9.17) is 5.11 Å². The van der Waals surface area contributed by atoms with Gasteiger partial charge in [0.2, 0.25) is 5.91 Å². The van der Waals surface area contributed by atoms with Gasteiger partial charge in [-0.25, -0.2) is 0 Å². The summed E-state index contributed by atoms with van der Waals surface area (Å²) in [5.41, 5.74) is 1.23. The number of hydrogen-bond acceptors (Lipinski definition) is 3. The number of hydrogen-bond donors (Lipinski definition) is 2. The van der Waals surface area contributed by atoms with E-state index in [1.807, 2.05) is 12.1 Å². The number of aliphatic hydroxyl groups excluding tert-OH is 1. The van der Waals surface area contributed by atoms with Crippen LogP contribution in [0.1, 0.15) is 31.2 Å². The van der Waals surface area contributed by atoms with Crippen LogP contribution in [0.25, 0.3) is 0 Å². The van der Waals surface area contributed by atoms with Crippen LogP contribution >= 0.6 is 11.8 Å². The van der Waals surface area contributed by atoms with Crippen LogP contribution in [0, 0.1) is 6.92 Å². The van der Waals surface area contributed by atoms with Gasteiger partial charge in [0.25, 0.3) is 0 Å². The summed E-state index contributed by atoms with van der Waals surface area (Å²) >= 11 is 1.56. The van der Waals surface area contributed by atoms with Gasteiger partial charge in [0.15, 0.2) is 0 Å². The lowest BCUT2D eigenvalue weighted by Gasteiger charge is -2.05. The number of nitrogens with one attached hydrogen (secondary N) is 1. The van der Waals surface area contributed by atoms with Crippen molar-refractivity contribution in [1.29, 1.82) is 0 Å². The van der Waals surface area contributed by atoms with Crippen LogP contribution in [0.15, 0.2) is 29.2 Å². The van der Waals surface area contributed by atoms with Gasteiger partial charge in [-0.3, -0.25) is 4.79 Å². The third-order valence-corrected chi connectivity index (χ3v) is 3.81. The molecule has 1 aromatic rings. The monoisotopic (exact) mass is 281 g/mol. The minimum absolute atomic E-state index is 0.0905. The van der Waals surface area contributed by atoms with E-state index in [9.17, 15) is 4.79 Å². The molecule has 0 unspecified atom stereocenters. The first-order valence-electron chi connectivity index (χ1n) is 6.79. The van der Waals surface area contributed by atoms with E-state index in [1.54, 1.807) is 11.8 Å². The van der Waals surface area contributed by atoms with Crippen LogP contribution < -0.4 is 5.32 Å². The van der Waals surface area contributed by atoms with E-state index < -0.39 is 0 Å². The fourth-order valence-corrected chi connectivity index (χ4v) is 2.38. The van der Waals surface area contributed by atoms with Crippen molar-refractivity contribution in [3.8, 4) is 0 Å². The standard InChI is InChI=1S/C15H23NO2S/c1-13-6-8-14(9-7-13)19-12-15(18)16-10-4-2-3-5-11-17/h6-9,17H,2-5,10-12H2,1H3,(H,16,18). The van der Waals surface area contributed by atoms with Crippen LogP contribution in [0.3, 0.4) is 0 Å². The molecule has 19 heavy (non-hydrogen) atoms. The van der Waals surface area contributed by atoms with Crippen molar-refractivity contribution in [3.05, 3.63) is 29.8 Å². The Kier molecular flexibility index (Phi) is 8.34. The van der Waals surface area contributed by atoms with Gasteiger partial charge in [0, 0.05) is 18.0 Å². The lowest BCUT2D eigenvalue weighted by atomic mass is 10.2. The first kappa shape index (κ1) is 16.1. The number of carbonyl (C=O) groups is 1. The quantitative estimate of drug-likeness (QED) is 0.540. The molecule has 1 aromatic carbocycles. The largest absolute Gasteiger partial charge is 0.396 e. The summed E-state index contributed by atoms with van der Waals surface area (Å²) in [6.07, 6.45) is 3.94. The van der Waals surface area contributed by atoms with Crippen molar-refractivity contribution >= 4 is 17.7 Å². The fourth-order valence-electron chi connectivity index (χ4n) is 1.65. The van der Waals surface area contributed by atoms with Crippen molar-refractivity contribution in [2.75, 3.05) is 18.9 Å². The van der Waals surface area contributed by atoms with Gasteiger partial charge in [-0.1, -0.05) is 30.5 Å². The molecule has 106 valence electrons. The number of benzene rings is 1. The SMILES string of the molecule is Cc1ccc(SCC(=O)NCCCCCCO)cc1. The number of aliphatic hydroxyl groups is 1. The van der Waals surface area contributed by atoms with Crippen LogP contribution in [-0.4, -0.2) is 29.9 Å². The second kappa shape index (κ2) is 9.87. The van der Waals surface area contributed by atoms with Crippen molar-refractivity contribution in [3.63, 3.8) is 0 Å². The lowest BCUT2D eigenvalue weighted by Crippen LogP contribution is -2.26. The van der Waals surface area contributed by atoms with Gasteiger partial charge in [-0.15, -0.1) is 11.8 Å². The van der Waals surface area contributed by atoms with Gasteiger partial charge >= 0.3 is 0 Å². The Morgan fingerprint density at radius 1 is 1.16 bits per heavy atom. The van der Waals surface area contributed by atoms with Crippen LogP contribution in [0.4, 0.5) is 0 Å². The summed E-state index contributed by atoms with van der Waals surface area (Å²) in [5, 5.41) is 11.6. The van der Waals surface area contributed by atoms with Gasteiger partial charge in [-0.2, -0.15) is 0 Å². The van der Waals surface area contributed by atoms with E-state index in [-0.39, 0.29) is 12.5 Å². The molecule has 0 saturated heterocycles. The number of thioether (sulfide) groups is 1. The molecule has 0 aromatic heterocycles. The Bertz CT molecular complexity index is 365. The van der Waals surface area contributed by atoms with Gasteiger partial charge < -0.3 is 10.4 Å². The summed E-state index contributed by atoms with van der Waals surface area (Å²) in [6.45, 7) is 3.05. The molecular formula is C15H23NO2S. The molecule has 0 bridgehead atoms. The fraction of sp³-hybridized carbons (Fsp3) is 0.533. The molecule has 0 aliphatic carbocycles. The zero-order valence-corrected chi connectivity index (χ0v) is 12.3. The van der Waals surface area contributed by atoms with Crippen LogP contribution in [0.5, 0.6) is 0 Å². The lowest BCUT2D eigenvalue weighted by molar-refractivity contribution is -0.118. The highest BCUT2D eigenvalue weighted by atomic mass is 32.2. The average Bonchev–Trinajstić information content (AvgIpc) is 2.42. The maximum absolute atomic E-state index is 11.6. The molecule has 0 atom stereocenters. The number of rotatable bonds is 9. The molecule has 0 radical (unpaired) electrons. The summed E-state index contributed by atoms with van der Waals surface area (Å²) in [4.78, 5) is 12.7. The molecule has 0 saturated carbocycles. The summed E-state index contributed by atoms with van der Waals surface area (Å²) in [5.74, 6) is 0.562. The molecule has 0 heterocycles. The number of aryl methyl sites for hydroxylation is 1. The van der Waals surface area contributed by atoms with E-state index in [0.29, 0.717) is 5.75 Å².